The van der Waals surface area contributed by atoms with E-state index in [9.17, 15) is 10.1 Å². The summed E-state index contributed by atoms with van der Waals surface area (Å²) in [7, 11) is 0. The summed E-state index contributed by atoms with van der Waals surface area (Å²) in [6.07, 6.45) is 3.75. The first-order chi connectivity index (χ1) is 8.74. The lowest BCUT2D eigenvalue weighted by atomic mass is 10.1. The van der Waals surface area contributed by atoms with Crippen molar-refractivity contribution in [3.05, 3.63) is 65.0 Å². The molecule has 0 fully saturated rings. The maximum absolute atomic E-state index is 10.7. The number of hydrogen-bond acceptors (Lipinski definition) is 3. The van der Waals surface area contributed by atoms with Crippen molar-refractivity contribution in [2.24, 2.45) is 0 Å². The Hall–Kier alpha value is -2.21. The summed E-state index contributed by atoms with van der Waals surface area (Å²) in [5, 5.41) is 10.7. The second-order valence-electron chi connectivity index (χ2n) is 3.90. The number of nitro groups is 1. The Kier molecular flexibility index (Phi) is 3.62. The van der Waals surface area contributed by atoms with Gasteiger partial charge in [0.2, 0.25) is 0 Å². The van der Waals surface area contributed by atoms with Crippen LogP contribution in [0.15, 0.2) is 54.9 Å². The summed E-state index contributed by atoms with van der Waals surface area (Å²) in [5.41, 5.74) is 2.36. The molecule has 0 aliphatic heterocycles. The third-order valence-corrected chi connectivity index (χ3v) is 2.72. The summed E-state index contributed by atoms with van der Waals surface area (Å²) in [6.45, 7) is 0. The van der Waals surface area contributed by atoms with Gasteiger partial charge in [-0.3, -0.25) is 10.1 Å². The van der Waals surface area contributed by atoms with Crippen LogP contribution in [0.2, 0.25) is 0 Å². The monoisotopic (exact) mass is 318 g/mol. The maximum Gasteiger partial charge on any atom is 0.270 e. The molecule has 0 saturated carbocycles. The average molecular weight is 319 g/mol. The molecule has 5 nitrogen and oxygen atoms in total. The fraction of sp³-hybridized carbons (Fsp3) is 0. The first kappa shape index (κ1) is 13.2. The van der Waals surface area contributed by atoms with E-state index in [4.69, 9.17) is 0 Å². The van der Waals surface area contributed by atoms with Crippen LogP contribution in [0.1, 0.15) is 0 Å². The largest absolute Gasteiger partial charge is 1.00 e. The molecule has 19 heavy (non-hydrogen) atoms. The summed E-state index contributed by atoms with van der Waals surface area (Å²) < 4.78 is 1.88. The molecule has 0 radical (unpaired) electrons. The number of halogens is 1. The number of nitro benzene ring substituents is 1. The molecule has 0 aliphatic carbocycles. The summed E-state index contributed by atoms with van der Waals surface area (Å²) in [4.78, 5) is 14.8. The second-order valence-corrected chi connectivity index (χ2v) is 3.90. The highest BCUT2D eigenvalue weighted by Crippen LogP contribution is 2.23. The van der Waals surface area contributed by atoms with Gasteiger partial charge in [0.05, 0.1) is 10.6 Å². The normalized spacial score (nSPS) is 10.1. The van der Waals surface area contributed by atoms with Gasteiger partial charge in [-0.15, -0.1) is 0 Å². The average Bonchev–Trinajstić information content (AvgIpc) is 2.82. The minimum atomic E-state index is -0.403. The van der Waals surface area contributed by atoms with Crippen molar-refractivity contribution in [2.45, 2.75) is 0 Å². The van der Waals surface area contributed by atoms with Crippen molar-refractivity contribution in [3.8, 4) is 11.3 Å². The smallest absolute Gasteiger partial charge is 0.270 e. The summed E-state index contributed by atoms with van der Waals surface area (Å²) in [6, 6.07) is 12.2. The number of nitrogens with zero attached hydrogens (tertiary/aromatic N) is 3. The van der Waals surface area contributed by atoms with E-state index >= 15 is 0 Å². The highest BCUT2D eigenvalue weighted by atomic mass is 79.9. The van der Waals surface area contributed by atoms with Gasteiger partial charge in [0.15, 0.2) is 0 Å². The van der Waals surface area contributed by atoms with Gasteiger partial charge < -0.3 is 21.4 Å². The van der Waals surface area contributed by atoms with E-state index < -0.39 is 4.92 Å². The standard InChI is InChI=1S/C13H9N3O2.BrH/c17-16(18)11-5-3-4-10(8-11)12-9-15-7-2-1-6-13(15)14-12;/h1-9H;1H/p-1. The molecule has 0 N–H and O–H groups in total. The van der Waals surface area contributed by atoms with E-state index in [-0.39, 0.29) is 22.7 Å². The van der Waals surface area contributed by atoms with Crippen LogP contribution in [-0.4, -0.2) is 14.3 Å². The van der Waals surface area contributed by atoms with E-state index in [0.717, 1.165) is 16.9 Å². The predicted octanol–water partition coefficient (Wildman–Crippen LogP) is -0.0865. The van der Waals surface area contributed by atoms with E-state index in [2.05, 4.69) is 4.98 Å². The highest BCUT2D eigenvalue weighted by molar-refractivity contribution is 5.65. The molecule has 0 spiro atoms. The molecule has 6 heteroatoms. The van der Waals surface area contributed by atoms with Gasteiger partial charge in [0, 0.05) is 30.1 Å². The number of aromatic nitrogens is 2. The van der Waals surface area contributed by atoms with Gasteiger partial charge in [-0.1, -0.05) is 18.2 Å². The summed E-state index contributed by atoms with van der Waals surface area (Å²) >= 11 is 0. The first-order valence-electron chi connectivity index (χ1n) is 5.42. The zero-order valence-corrected chi connectivity index (χ0v) is 11.3. The third-order valence-electron chi connectivity index (χ3n) is 2.72. The lowest BCUT2D eigenvalue weighted by Crippen LogP contribution is -3.00. The zero-order valence-electron chi connectivity index (χ0n) is 9.73. The molecule has 0 amide bonds. The van der Waals surface area contributed by atoms with Crippen molar-refractivity contribution >= 4 is 11.3 Å². The first-order valence-corrected chi connectivity index (χ1v) is 5.42. The Morgan fingerprint density at radius 3 is 2.74 bits per heavy atom. The molecule has 96 valence electrons. The van der Waals surface area contributed by atoms with E-state index in [0.29, 0.717) is 0 Å². The van der Waals surface area contributed by atoms with E-state index in [1.165, 1.54) is 12.1 Å². The molecule has 0 bridgehead atoms. The number of imidazole rings is 1. The molecule has 3 aromatic rings. The Bertz CT molecular complexity index is 706. The van der Waals surface area contributed by atoms with Gasteiger partial charge >= 0.3 is 0 Å². The second kappa shape index (κ2) is 5.19. The van der Waals surface area contributed by atoms with Crippen LogP contribution in [0, 0.1) is 10.1 Å². The van der Waals surface area contributed by atoms with Gasteiger partial charge in [-0.25, -0.2) is 4.98 Å². The van der Waals surface area contributed by atoms with Crippen molar-refractivity contribution in [3.63, 3.8) is 0 Å². The third kappa shape index (κ3) is 2.48. The molecule has 2 aromatic heterocycles. The topological polar surface area (TPSA) is 60.4 Å². The van der Waals surface area contributed by atoms with Crippen molar-refractivity contribution in [2.75, 3.05) is 0 Å². The Morgan fingerprint density at radius 1 is 1.16 bits per heavy atom. The number of hydrogen-bond donors (Lipinski definition) is 0. The van der Waals surface area contributed by atoms with Gasteiger partial charge in [0.1, 0.15) is 5.65 Å². The molecule has 0 aliphatic rings. The fourth-order valence-corrected chi connectivity index (χ4v) is 1.85. The van der Waals surface area contributed by atoms with Crippen molar-refractivity contribution in [1.82, 2.24) is 9.38 Å². The van der Waals surface area contributed by atoms with Crippen molar-refractivity contribution < 1.29 is 21.9 Å². The van der Waals surface area contributed by atoms with Crippen LogP contribution >= 0.6 is 0 Å². The lowest BCUT2D eigenvalue weighted by molar-refractivity contribution is -0.384. The van der Waals surface area contributed by atoms with E-state index in [1.54, 1.807) is 6.07 Å². The van der Waals surface area contributed by atoms with Crippen LogP contribution < -0.4 is 17.0 Å². The number of pyridine rings is 1. The Balaban J connectivity index is 0.00000133. The predicted molar refractivity (Wildman–Crippen MR) is 67.3 cm³/mol. The quantitative estimate of drug-likeness (QED) is 0.490. The molecule has 1 aromatic carbocycles. The Morgan fingerprint density at radius 2 is 2.00 bits per heavy atom. The van der Waals surface area contributed by atoms with Crippen LogP contribution in [0.3, 0.4) is 0 Å². The number of rotatable bonds is 2. The molecule has 0 unspecified atom stereocenters. The Labute approximate surface area is 119 Å². The minimum absolute atomic E-state index is 0. The number of non-ortho nitro benzene ring substituents is 1. The highest BCUT2D eigenvalue weighted by Gasteiger charge is 2.09. The minimum Gasteiger partial charge on any atom is -1.00 e. The summed E-state index contributed by atoms with van der Waals surface area (Å²) in [5.74, 6) is 0. The van der Waals surface area contributed by atoms with Crippen LogP contribution in [-0.2, 0) is 0 Å². The van der Waals surface area contributed by atoms with Gasteiger partial charge in [-0.2, -0.15) is 0 Å². The molecule has 3 rings (SSSR count). The van der Waals surface area contributed by atoms with Crippen LogP contribution in [0.25, 0.3) is 16.9 Å². The maximum atomic E-state index is 10.7. The van der Waals surface area contributed by atoms with E-state index in [1.807, 2.05) is 41.1 Å². The fourth-order valence-electron chi connectivity index (χ4n) is 1.85. The molecular formula is C13H9BrN3O2-. The molecule has 0 saturated heterocycles. The number of benzene rings is 1. The molecule has 0 atom stereocenters. The molecular weight excluding hydrogens is 310 g/mol. The van der Waals surface area contributed by atoms with Gasteiger partial charge in [0.25, 0.3) is 5.69 Å². The SMILES string of the molecule is O=[N+]([O-])c1cccc(-c2cn3ccccc3n2)c1.[Br-]. The van der Waals surface area contributed by atoms with Crippen LogP contribution in [0.5, 0.6) is 0 Å². The lowest BCUT2D eigenvalue weighted by Gasteiger charge is -1.95. The number of fused-ring (bicyclic) bond motifs is 1. The van der Waals surface area contributed by atoms with Crippen molar-refractivity contribution in [1.29, 1.82) is 0 Å². The van der Waals surface area contributed by atoms with Crippen LogP contribution in [0.4, 0.5) is 5.69 Å². The zero-order chi connectivity index (χ0) is 12.5. The molecule has 2 heterocycles. The van der Waals surface area contributed by atoms with Gasteiger partial charge in [-0.05, 0) is 12.1 Å².